The summed E-state index contributed by atoms with van der Waals surface area (Å²) in [5.41, 5.74) is 0. The van der Waals surface area contributed by atoms with Gasteiger partial charge in [-0.05, 0) is 37.0 Å². The van der Waals surface area contributed by atoms with Crippen molar-refractivity contribution in [1.29, 1.82) is 0 Å². The summed E-state index contributed by atoms with van der Waals surface area (Å²) in [6.07, 6.45) is 44.0. The van der Waals surface area contributed by atoms with Gasteiger partial charge < -0.3 is 14.2 Å². The van der Waals surface area contributed by atoms with Gasteiger partial charge in [-0.3, -0.25) is 14.4 Å². The molecule has 0 aliphatic rings. The van der Waals surface area contributed by atoms with E-state index in [1.165, 1.54) is 167 Å². The highest BCUT2D eigenvalue weighted by atomic mass is 16.6. The summed E-state index contributed by atoms with van der Waals surface area (Å²) in [6, 6.07) is 0. The molecule has 6 nitrogen and oxygen atoms in total. The number of carbonyl (C=O) groups is 3. The summed E-state index contributed by atoms with van der Waals surface area (Å²) < 4.78 is 16.8. The number of hydrogen-bond acceptors (Lipinski definition) is 6. The molecule has 0 saturated heterocycles. The normalized spacial score (nSPS) is 13.1. The molecule has 0 amide bonds. The third-order valence-electron chi connectivity index (χ3n) is 12.6. The Hall–Kier alpha value is -1.59. The van der Waals surface area contributed by atoms with Crippen molar-refractivity contribution < 1.29 is 28.6 Å². The molecule has 0 rings (SSSR count). The Balaban J connectivity index is 4.14. The third kappa shape index (κ3) is 44.3. The predicted octanol–water partition coefficient (Wildman–Crippen LogP) is 16.8. The van der Waals surface area contributed by atoms with Crippen molar-refractivity contribution in [3.05, 3.63) is 0 Å². The number of ether oxygens (including phenoxy) is 3. The van der Waals surface area contributed by atoms with Crippen LogP contribution in [0, 0.1) is 17.8 Å². The molecule has 0 fully saturated rings. The van der Waals surface area contributed by atoms with Crippen molar-refractivity contribution >= 4 is 17.9 Å². The van der Waals surface area contributed by atoms with E-state index in [1.54, 1.807) is 0 Å². The minimum absolute atomic E-state index is 0.0663. The van der Waals surface area contributed by atoms with Gasteiger partial charge in [0.15, 0.2) is 6.10 Å². The van der Waals surface area contributed by atoms with Gasteiger partial charge in [0.1, 0.15) is 13.2 Å². The van der Waals surface area contributed by atoms with Crippen LogP contribution in [0.1, 0.15) is 286 Å². The van der Waals surface area contributed by atoms with Crippen molar-refractivity contribution in [2.45, 2.75) is 292 Å². The molecule has 0 saturated carbocycles. The Morgan fingerprint density at radius 3 is 0.881 bits per heavy atom. The lowest BCUT2D eigenvalue weighted by Gasteiger charge is -2.18. The molecule has 2 unspecified atom stereocenters. The fourth-order valence-electron chi connectivity index (χ4n) is 7.87. The smallest absolute Gasteiger partial charge is 0.306 e. The predicted molar refractivity (Wildman–Crippen MR) is 252 cm³/mol. The van der Waals surface area contributed by atoms with E-state index >= 15 is 0 Å². The van der Waals surface area contributed by atoms with Crippen LogP contribution in [0.25, 0.3) is 0 Å². The Morgan fingerprint density at radius 1 is 0.339 bits per heavy atom. The highest BCUT2D eigenvalue weighted by Gasteiger charge is 2.19. The molecule has 0 aromatic carbocycles. The topological polar surface area (TPSA) is 78.9 Å². The van der Waals surface area contributed by atoms with E-state index in [-0.39, 0.29) is 31.1 Å². The molecule has 0 bridgehead atoms. The zero-order valence-electron chi connectivity index (χ0n) is 40.5. The minimum Gasteiger partial charge on any atom is -0.462 e. The number of esters is 3. The summed E-state index contributed by atoms with van der Waals surface area (Å²) in [5.74, 6) is 1.62. The molecule has 0 aromatic rings. The van der Waals surface area contributed by atoms with E-state index in [0.717, 1.165) is 75.5 Å². The second kappa shape index (κ2) is 44.5. The first kappa shape index (κ1) is 57.4. The van der Waals surface area contributed by atoms with E-state index in [2.05, 4.69) is 41.5 Å². The van der Waals surface area contributed by atoms with Crippen LogP contribution in [0.2, 0.25) is 0 Å². The number of hydrogen-bond donors (Lipinski definition) is 0. The van der Waals surface area contributed by atoms with Crippen molar-refractivity contribution in [3.8, 4) is 0 Å². The Morgan fingerprint density at radius 2 is 0.593 bits per heavy atom. The van der Waals surface area contributed by atoms with Crippen molar-refractivity contribution in [2.24, 2.45) is 17.8 Å². The van der Waals surface area contributed by atoms with Crippen LogP contribution in [0.4, 0.5) is 0 Å². The van der Waals surface area contributed by atoms with Gasteiger partial charge in [0, 0.05) is 19.3 Å². The average molecular weight is 835 g/mol. The SMILES string of the molecule is CCC(C)CCCCCCCCCCCCCCCCCCCCC(=O)OC[C@H](COC(=O)CCCCCCCCC(C)C)OC(=O)CCCCCCCCC(C)CC. The third-order valence-corrected chi connectivity index (χ3v) is 12.6. The molecule has 59 heavy (non-hydrogen) atoms. The maximum Gasteiger partial charge on any atom is 0.306 e. The number of carbonyl (C=O) groups excluding carboxylic acids is 3. The summed E-state index contributed by atoms with van der Waals surface area (Å²) in [5, 5.41) is 0. The second-order valence-corrected chi connectivity index (χ2v) is 19.1. The molecule has 0 aliphatic carbocycles. The van der Waals surface area contributed by atoms with Gasteiger partial charge in [0.25, 0.3) is 0 Å². The largest absolute Gasteiger partial charge is 0.462 e. The van der Waals surface area contributed by atoms with Gasteiger partial charge >= 0.3 is 17.9 Å². The first-order valence-corrected chi connectivity index (χ1v) is 26.2. The van der Waals surface area contributed by atoms with Crippen molar-refractivity contribution in [3.63, 3.8) is 0 Å². The molecular weight excluding hydrogens is 733 g/mol. The summed E-state index contributed by atoms with van der Waals surface area (Å²) in [4.78, 5) is 37.8. The lowest BCUT2D eigenvalue weighted by atomic mass is 9.99. The molecule has 0 N–H and O–H groups in total. The van der Waals surface area contributed by atoms with Gasteiger partial charge in [-0.15, -0.1) is 0 Å². The lowest BCUT2D eigenvalue weighted by molar-refractivity contribution is -0.167. The molecule has 350 valence electrons. The molecule has 0 spiro atoms. The van der Waals surface area contributed by atoms with Crippen LogP contribution in [-0.4, -0.2) is 37.2 Å². The van der Waals surface area contributed by atoms with E-state index in [0.29, 0.717) is 19.3 Å². The quantitative estimate of drug-likeness (QED) is 0.0345. The van der Waals surface area contributed by atoms with Gasteiger partial charge in [-0.1, -0.05) is 247 Å². The zero-order valence-corrected chi connectivity index (χ0v) is 40.5. The fraction of sp³-hybridized carbons (Fsp3) is 0.943. The highest BCUT2D eigenvalue weighted by Crippen LogP contribution is 2.18. The van der Waals surface area contributed by atoms with Crippen molar-refractivity contribution in [2.75, 3.05) is 13.2 Å². The lowest BCUT2D eigenvalue weighted by Crippen LogP contribution is -2.30. The number of unbranched alkanes of at least 4 members (excludes halogenated alkanes) is 27. The summed E-state index contributed by atoms with van der Waals surface area (Å²) >= 11 is 0. The Kier molecular flexibility index (Phi) is 43.3. The monoisotopic (exact) mass is 835 g/mol. The molecule has 0 aromatic heterocycles. The van der Waals surface area contributed by atoms with Gasteiger partial charge in [0.05, 0.1) is 0 Å². The van der Waals surface area contributed by atoms with E-state index in [4.69, 9.17) is 14.2 Å². The van der Waals surface area contributed by atoms with Gasteiger partial charge in [-0.25, -0.2) is 0 Å². The summed E-state index contributed by atoms with van der Waals surface area (Å²) in [7, 11) is 0. The molecule has 0 radical (unpaired) electrons. The molecular formula is C53H102O6. The molecule has 0 heterocycles. The van der Waals surface area contributed by atoms with Gasteiger partial charge in [0.2, 0.25) is 0 Å². The fourth-order valence-corrected chi connectivity index (χ4v) is 7.87. The van der Waals surface area contributed by atoms with Crippen LogP contribution < -0.4 is 0 Å². The van der Waals surface area contributed by atoms with Gasteiger partial charge in [-0.2, -0.15) is 0 Å². The van der Waals surface area contributed by atoms with E-state index in [1.807, 2.05) is 0 Å². The Labute approximate surface area is 368 Å². The second-order valence-electron chi connectivity index (χ2n) is 19.1. The molecule has 3 atom stereocenters. The molecule has 0 aliphatic heterocycles. The van der Waals surface area contributed by atoms with Crippen LogP contribution >= 0.6 is 0 Å². The van der Waals surface area contributed by atoms with E-state index < -0.39 is 6.10 Å². The van der Waals surface area contributed by atoms with Crippen LogP contribution in [0.3, 0.4) is 0 Å². The average Bonchev–Trinajstić information content (AvgIpc) is 3.22. The summed E-state index contributed by atoms with van der Waals surface area (Å²) in [6.45, 7) is 13.7. The number of rotatable bonds is 46. The zero-order chi connectivity index (χ0) is 43.4. The maximum atomic E-state index is 12.7. The standard InChI is InChI=1S/C53H102O6/c1-7-48(5)40-34-28-21-19-17-15-13-11-9-10-12-14-16-18-20-22-30-36-42-51(54)57-45-50(46-58-52(55)43-37-31-25-23-27-33-39-47(3)4)59-53(56)44-38-32-26-24-29-35-41-49(6)8-2/h47-50H,7-46H2,1-6H3/t48?,49?,50-/m1/s1. The van der Waals surface area contributed by atoms with Crippen LogP contribution in [0.5, 0.6) is 0 Å². The molecule has 6 heteroatoms. The Bertz CT molecular complexity index is 918. The highest BCUT2D eigenvalue weighted by molar-refractivity contribution is 5.71. The minimum atomic E-state index is -0.763. The van der Waals surface area contributed by atoms with Crippen molar-refractivity contribution in [1.82, 2.24) is 0 Å². The first-order valence-electron chi connectivity index (χ1n) is 26.2. The maximum absolute atomic E-state index is 12.7. The van der Waals surface area contributed by atoms with Crippen LogP contribution in [0.15, 0.2) is 0 Å². The first-order chi connectivity index (χ1) is 28.7. The van der Waals surface area contributed by atoms with Crippen LogP contribution in [-0.2, 0) is 28.6 Å². The van der Waals surface area contributed by atoms with E-state index in [9.17, 15) is 14.4 Å².